The van der Waals surface area contributed by atoms with E-state index in [-0.39, 0.29) is 5.97 Å². The van der Waals surface area contributed by atoms with Crippen molar-refractivity contribution in [3.8, 4) is 5.75 Å². The summed E-state index contributed by atoms with van der Waals surface area (Å²) in [5.74, 6) is 0.380. The van der Waals surface area contributed by atoms with Crippen molar-refractivity contribution in [2.24, 2.45) is 0 Å². The molecule has 0 bridgehead atoms. The van der Waals surface area contributed by atoms with Gasteiger partial charge >= 0.3 is 5.97 Å². The van der Waals surface area contributed by atoms with Crippen molar-refractivity contribution >= 4 is 40.3 Å². The molecule has 1 unspecified atom stereocenters. The van der Waals surface area contributed by atoms with Crippen LogP contribution in [0, 0.1) is 3.95 Å². The molecule has 3 N–H and O–H groups in total. The summed E-state index contributed by atoms with van der Waals surface area (Å²) in [6.07, 6.45) is -0.153. The number of aliphatic hydroxyl groups is 1. The molecule has 0 saturated carbocycles. The largest absolute Gasteiger partial charge is 0.495 e. The Balaban J connectivity index is 1.76. The predicted molar refractivity (Wildman–Crippen MR) is 99.5 cm³/mol. The Morgan fingerprint density at radius 1 is 1.50 bits per heavy atom. The Morgan fingerprint density at radius 2 is 2.27 bits per heavy atom. The van der Waals surface area contributed by atoms with Crippen LogP contribution in [0.4, 0.5) is 10.8 Å². The third-order valence-corrected chi connectivity index (χ3v) is 5.51. The lowest BCUT2D eigenvalue weighted by Gasteiger charge is -2.18. The third-order valence-electron chi connectivity index (χ3n) is 4.29. The first kappa shape index (κ1) is 18.8. The molecule has 1 aromatic carbocycles. The second kappa shape index (κ2) is 8.12. The van der Waals surface area contributed by atoms with Gasteiger partial charge in [-0.05, 0) is 24.4 Å². The van der Waals surface area contributed by atoms with Crippen LogP contribution in [0.2, 0.25) is 0 Å². The zero-order valence-electron chi connectivity index (χ0n) is 14.5. The minimum absolute atomic E-state index is 0.328. The Kier molecular flexibility index (Phi) is 5.87. The number of carbonyl (C=O) groups is 1. The quantitative estimate of drug-likeness (QED) is 0.485. The number of quaternary nitrogens is 1. The van der Waals surface area contributed by atoms with Gasteiger partial charge in [0.15, 0.2) is 16.7 Å². The topological polar surface area (TPSA) is 90.0 Å². The lowest BCUT2D eigenvalue weighted by atomic mass is 10.2. The van der Waals surface area contributed by atoms with Crippen LogP contribution in [-0.2, 0) is 16.2 Å². The minimum Gasteiger partial charge on any atom is -0.495 e. The maximum atomic E-state index is 11.9. The van der Waals surface area contributed by atoms with Crippen LogP contribution in [0.3, 0.4) is 0 Å². The SMILES string of the molecule is COC(=O)[C@@H]1C[C@@H](O)C[NH+]1Cn1nc(Nc2ccccc2OC)sc1=S. The van der Waals surface area contributed by atoms with Gasteiger partial charge in [-0.1, -0.05) is 23.5 Å². The highest BCUT2D eigenvalue weighted by Gasteiger charge is 2.41. The molecule has 1 aromatic heterocycles. The molecule has 8 nitrogen and oxygen atoms in total. The van der Waals surface area contributed by atoms with E-state index in [1.54, 1.807) is 11.8 Å². The molecule has 2 heterocycles. The molecule has 0 radical (unpaired) electrons. The zero-order chi connectivity index (χ0) is 18.7. The number of nitrogens with one attached hydrogen (secondary N) is 2. The zero-order valence-corrected chi connectivity index (χ0v) is 16.1. The first-order valence-corrected chi connectivity index (χ1v) is 9.32. The second-order valence-electron chi connectivity index (χ2n) is 5.98. The number of rotatable bonds is 6. The molecule has 0 aliphatic carbocycles. The predicted octanol–water partition coefficient (Wildman–Crippen LogP) is 0.575. The van der Waals surface area contributed by atoms with Gasteiger partial charge in [0.25, 0.3) is 0 Å². The molecule has 3 atom stereocenters. The number of nitrogens with zero attached hydrogens (tertiary/aromatic N) is 2. The number of benzene rings is 1. The van der Waals surface area contributed by atoms with E-state index in [2.05, 4.69) is 10.4 Å². The standard InChI is InChI=1S/C16H20N4O4S2/c1-23-13-6-4-3-5-11(13)17-15-18-20(16(25)26-15)9-19-8-10(21)7-12(19)14(22)24-2/h3-6,10,12,21H,7-9H2,1-2H3,(H,17,18)/p+1/t10-,12+/m1/s1. The maximum Gasteiger partial charge on any atom is 0.364 e. The first-order valence-electron chi connectivity index (χ1n) is 8.10. The highest BCUT2D eigenvalue weighted by atomic mass is 32.1. The summed E-state index contributed by atoms with van der Waals surface area (Å²) in [6.45, 7) is 0.841. The van der Waals surface area contributed by atoms with E-state index in [4.69, 9.17) is 21.7 Å². The van der Waals surface area contributed by atoms with Crippen LogP contribution >= 0.6 is 23.6 Å². The van der Waals surface area contributed by atoms with E-state index < -0.39 is 12.1 Å². The molecule has 1 aliphatic heterocycles. The van der Waals surface area contributed by atoms with Crippen molar-refractivity contribution in [3.63, 3.8) is 0 Å². The molecular formula is C16H21N4O4S2+. The molecule has 1 saturated heterocycles. The van der Waals surface area contributed by atoms with Crippen LogP contribution in [0.5, 0.6) is 5.75 Å². The average Bonchev–Trinajstić information content (AvgIpc) is 3.17. The Labute approximate surface area is 160 Å². The van der Waals surface area contributed by atoms with Gasteiger partial charge in [0, 0.05) is 6.42 Å². The highest BCUT2D eigenvalue weighted by molar-refractivity contribution is 7.73. The van der Waals surface area contributed by atoms with Crippen LogP contribution in [0.1, 0.15) is 6.42 Å². The van der Waals surface area contributed by atoms with E-state index >= 15 is 0 Å². The van der Waals surface area contributed by atoms with Crippen molar-refractivity contribution in [1.82, 2.24) is 9.78 Å². The minimum atomic E-state index is -0.534. The summed E-state index contributed by atoms with van der Waals surface area (Å²) in [4.78, 5) is 12.8. The maximum absolute atomic E-state index is 11.9. The summed E-state index contributed by atoms with van der Waals surface area (Å²) in [5, 5.41) is 18.3. The van der Waals surface area contributed by atoms with Gasteiger partial charge in [0.05, 0.1) is 19.9 Å². The van der Waals surface area contributed by atoms with Crippen LogP contribution in [-0.4, -0.2) is 53.8 Å². The fourth-order valence-corrected chi connectivity index (χ4v) is 4.08. The number of likely N-dealkylation sites (tertiary alicyclic amines) is 1. The number of aliphatic hydroxyl groups excluding tert-OH is 1. The van der Waals surface area contributed by atoms with E-state index in [1.165, 1.54) is 18.4 Å². The Morgan fingerprint density at radius 3 is 3.00 bits per heavy atom. The van der Waals surface area contributed by atoms with Crippen LogP contribution < -0.4 is 15.0 Å². The van der Waals surface area contributed by atoms with E-state index in [1.807, 2.05) is 24.3 Å². The number of hydrogen-bond donors (Lipinski definition) is 3. The Hall–Kier alpha value is -2.01. The van der Waals surface area contributed by atoms with Crippen LogP contribution in [0.25, 0.3) is 0 Å². The van der Waals surface area contributed by atoms with Gasteiger partial charge < -0.3 is 24.8 Å². The number of esters is 1. The van der Waals surface area contributed by atoms with E-state index in [0.29, 0.717) is 34.5 Å². The van der Waals surface area contributed by atoms with Crippen molar-refractivity contribution in [2.75, 3.05) is 26.1 Å². The van der Waals surface area contributed by atoms with Gasteiger partial charge in [0.1, 0.15) is 18.4 Å². The number of ether oxygens (including phenoxy) is 2. The highest BCUT2D eigenvalue weighted by Crippen LogP contribution is 2.28. The summed E-state index contributed by atoms with van der Waals surface area (Å²) < 4.78 is 12.4. The monoisotopic (exact) mass is 397 g/mol. The molecular weight excluding hydrogens is 376 g/mol. The molecule has 26 heavy (non-hydrogen) atoms. The smallest absolute Gasteiger partial charge is 0.364 e. The fourth-order valence-electron chi connectivity index (χ4n) is 3.06. The van der Waals surface area contributed by atoms with Gasteiger partial charge in [-0.25, -0.2) is 4.79 Å². The molecule has 2 aromatic rings. The lowest BCUT2D eigenvalue weighted by molar-refractivity contribution is -0.928. The van der Waals surface area contributed by atoms with Crippen molar-refractivity contribution in [3.05, 3.63) is 28.2 Å². The number of para-hydroxylation sites is 2. The normalized spacial score (nSPS) is 22.2. The number of aromatic nitrogens is 2. The first-order chi connectivity index (χ1) is 12.5. The molecule has 3 rings (SSSR count). The summed E-state index contributed by atoms with van der Waals surface area (Å²) in [6, 6.07) is 7.12. The fraction of sp³-hybridized carbons (Fsp3) is 0.438. The van der Waals surface area contributed by atoms with E-state index in [0.717, 1.165) is 10.6 Å². The lowest BCUT2D eigenvalue weighted by Crippen LogP contribution is -3.14. The molecule has 0 amide bonds. The molecule has 0 spiro atoms. The van der Waals surface area contributed by atoms with Gasteiger partial charge in [-0.3, -0.25) is 0 Å². The number of methoxy groups -OCH3 is 2. The Bertz CT molecular complexity index is 838. The van der Waals surface area contributed by atoms with Gasteiger partial charge in [-0.2, -0.15) is 4.68 Å². The molecule has 140 valence electrons. The number of hydrogen-bond acceptors (Lipinski definition) is 8. The van der Waals surface area contributed by atoms with Crippen molar-refractivity contribution < 1.29 is 24.3 Å². The molecule has 1 aliphatic rings. The van der Waals surface area contributed by atoms with Crippen LogP contribution in [0.15, 0.2) is 24.3 Å². The second-order valence-corrected chi connectivity index (χ2v) is 7.61. The summed E-state index contributed by atoms with van der Waals surface area (Å²) >= 11 is 6.74. The van der Waals surface area contributed by atoms with Crippen molar-refractivity contribution in [2.45, 2.75) is 25.2 Å². The average molecular weight is 398 g/mol. The van der Waals surface area contributed by atoms with E-state index in [9.17, 15) is 9.90 Å². The van der Waals surface area contributed by atoms with Gasteiger partial charge in [-0.15, -0.1) is 5.10 Å². The summed E-state index contributed by atoms with van der Waals surface area (Å²) in [7, 11) is 2.96. The molecule has 1 fully saturated rings. The van der Waals surface area contributed by atoms with Gasteiger partial charge in [0.2, 0.25) is 5.13 Å². The number of anilines is 2. The third kappa shape index (κ3) is 4.04. The van der Waals surface area contributed by atoms with Crippen molar-refractivity contribution in [1.29, 1.82) is 0 Å². The number of carbonyl (C=O) groups excluding carboxylic acids is 1. The molecule has 10 heteroatoms. The summed E-state index contributed by atoms with van der Waals surface area (Å²) in [5.41, 5.74) is 0.794.